The summed E-state index contributed by atoms with van der Waals surface area (Å²) in [5.41, 5.74) is -1.62. The molecule has 6 atom stereocenters. The van der Waals surface area contributed by atoms with E-state index in [1.54, 1.807) is 52.0 Å². The molecule has 236 valence electrons. The first kappa shape index (κ1) is 33.0. The summed E-state index contributed by atoms with van der Waals surface area (Å²) in [6.45, 7) is 7.31. The van der Waals surface area contributed by atoms with Gasteiger partial charge in [0.2, 0.25) is 11.5 Å². The second kappa shape index (κ2) is 13.4. The van der Waals surface area contributed by atoms with Crippen LogP contribution in [0.2, 0.25) is 0 Å². The highest BCUT2D eigenvalue weighted by atomic mass is 31.2. The molecule has 0 bridgehead atoms. The van der Waals surface area contributed by atoms with Crippen LogP contribution in [0.4, 0.5) is 5.82 Å². The quantitative estimate of drug-likeness (QED) is 0.168. The zero-order valence-corrected chi connectivity index (χ0v) is 25.7. The van der Waals surface area contributed by atoms with Crippen LogP contribution >= 0.6 is 7.75 Å². The summed E-state index contributed by atoms with van der Waals surface area (Å²) in [6.07, 6.45) is -4.04. The summed E-state index contributed by atoms with van der Waals surface area (Å²) < 4.78 is 37.6. The van der Waals surface area contributed by atoms with Gasteiger partial charge in [-0.1, -0.05) is 32.0 Å². The number of aliphatic hydroxyl groups excluding tert-OH is 2. The van der Waals surface area contributed by atoms with Crippen LogP contribution in [-0.2, 0) is 28.2 Å². The molecule has 2 aromatic heterocycles. The highest BCUT2D eigenvalue weighted by Gasteiger charge is 2.57. The van der Waals surface area contributed by atoms with Crippen molar-refractivity contribution in [1.82, 2.24) is 19.7 Å². The number of hydrogen-bond acceptors (Lipinski definition) is 12. The third-order valence-corrected chi connectivity index (χ3v) is 8.28. The minimum Gasteiger partial charge on any atom is -0.462 e. The summed E-state index contributed by atoms with van der Waals surface area (Å²) in [5.74, 6) is -0.975. The minimum absolute atomic E-state index is 0.129. The monoisotopic (exact) mass is 630 g/mol. The first-order chi connectivity index (χ1) is 20.8. The van der Waals surface area contributed by atoms with Crippen LogP contribution in [0, 0.1) is 17.2 Å². The number of aromatic nitrogens is 3. The number of esters is 1. The van der Waals surface area contributed by atoms with E-state index in [-0.39, 0.29) is 29.1 Å². The maximum Gasteiger partial charge on any atom is 0.459 e. The van der Waals surface area contributed by atoms with Gasteiger partial charge in [-0.2, -0.15) is 15.4 Å². The Labute approximate surface area is 253 Å². The van der Waals surface area contributed by atoms with Crippen molar-refractivity contribution < 1.29 is 42.9 Å². The van der Waals surface area contributed by atoms with Gasteiger partial charge in [0.05, 0.1) is 11.8 Å². The van der Waals surface area contributed by atoms with Crippen LogP contribution in [0.3, 0.4) is 0 Å². The summed E-state index contributed by atoms with van der Waals surface area (Å²) in [4.78, 5) is 28.8. The highest BCUT2D eigenvalue weighted by Crippen LogP contribution is 2.48. The highest BCUT2D eigenvalue weighted by molar-refractivity contribution is 7.52. The number of para-hydroxylation sites is 1. The van der Waals surface area contributed by atoms with Gasteiger partial charge >= 0.3 is 13.7 Å². The van der Waals surface area contributed by atoms with E-state index >= 15 is 0 Å². The second-order valence-corrected chi connectivity index (χ2v) is 12.5. The third kappa shape index (κ3) is 7.07. The SMILES string of the molecule is CC(C)OC(=O)[C@H](C)NP(=O)(OC[C@@]1(C#N)O[C@@H](c2ccc3c(NC(=O)C(C)C)ncnn23)[C@H](O)[C@@H]1O)Oc1ccccc1. The van der Waals surface area contributed by atoms with E-state index in [1.165, 1.54) is 36.0 Å². The molecule has 0 radical (unpaired) electrons. The molecule has 4 rings (SSSR count). The molecule has 0 aliphatic carbocycles. The van der Waals surface area contributed by atoms with E-state index < -0.39 is 56.4 Å². The Hall–Kier alpha value is -3.90. The fourth-order valence-electron chi connectivity index (χ4n) is 4.33. The van der Waals surface area contributed by atoms with Gasteiger partial charge in [-0.05, 0) is 45.0 Å². The van der Waals surface area contributed by atoms with Gasteiger partial charge in [0, 0.05) is 5.92 Å². The molecule has 44 heavy (non-hydrogen) atoms. The first-order valence-electron chi connectivity index (χ1n) is 13.9. The van der Waals surface area contributed by atoms with Crippen LogP contribution in [-0.4, -0.2) is 73.2 Å². The van der Waals surface area contributed by atoms with E-state index in [2.05, 4.69) is 20.5 Å². The van der Waals surface area contributed by atoms with Gasteiger partial charge in [-0.25, -0.2) is 14.1 Å². The molecule has 1 aliphatic heterocycles. The lowest BCUT2D eigenvalue weighted by atomic mass is 9.96. The van der Waals surface area contributed by atoms with Crippen LogP contribution in [0.5, 0.6) is 5.75 Å². The van der Waals surface area contributed by atoms with Crippen molar-refractivity contribution >= 4 is 31.0 Å². The van der Waals surface area contributed by atoms with Crippen molar-refractivity contribution in [3.05, 3.63) is 54.5 Å². The number of carbonyl (C=O) groups is 2. The van der Waals surface area contributed by atoms with E-state index in [1.807, 2.05) is 6.07 Å². The van der Waals surface area contributed by atoms with Crippen LogP contribution in [0.25, 0.3) is 5.52 Å². The van der Waals surface area contributed by atoms with Gasteiger partial charge < -0.3 is 29.5 Å². The van der Waals surface area contributed by atoms with Crippen molar-refractivity contribution in [1.29, 1.82) is 5.26 Å². The van der Waals surface area contributed by atoms with Gasteiger partial charge in [0.15, 0.2) is 5.82 Å². The number of nitrogens with zero attached hydrogens (tertiary/aromatic N) is 4. The molecule has 1 aliphatic rings. The molecule has 0 spiro atoms. The number of carbonyl (C=O) groups excluding carboxylic acids is 2. The smallest absolute Gasteiger partial charge is 0.459 e. The Bertz CT molecular complexity index is 1580. The standard InChI is InChI=1S/C28H35N6O9P/c1-16(2)26(37)32-25-21-12-11-20(34(21)31-15-30-25)23-22(35)24(36)28(13-29,42-23)14-40-44(39,43-19-9-7-6-8-10-19)33-18(5)27(38)41-17(3)4/h6-12,15-18,22-24,35-36H,14H2,1-5H3,(H,33,39)(H,30,31,32,37)/t18-,22-,23-,24-,28+,44?/m0/s1. The molecule has 1 amide bonds. The van der Waals surface area contributed by atoms with Crippen molar-refractivity contribution in [2.75, 3.05) is 11.9 Å². The number of anilines is 1. The number of benzene rings is 1. The molecule has 4 N–H and O–H groups in total. The average Bonchev–Trinajstić information content (AvgIpc) is 3.51. The lowest BCUT2D eigenvalue weighted by Gasteiger charge is -2.28. The molecule has 16 heteroatoms. The van der Waals surface area contributed by atoms with Gasteiger partial charge in [-0.15, -0.1) is 0 Å². The van der Waals surface area contributed by atoms with Crippen LogP contribution in [0.1, 0.15) is 46.4 Å². The van der Waals surface area contributed by atoms with Gasteiger partial charge in [-0.3, -0.25) is 14.1 Å². The molecule has 3 aromatic rings. The lowest BCUT2D eigenvalue weighted by molar-refractivity contribution is -0.149. The number of ether oxygens (including phenoxy) is 2. The van der Waals surface area contributed by atoms with Gasteiger partial charge in [0.25, 0.3) is 0 Å². The van der Waals surface area contributed by atoms with Crippen LogP contribution < -0.4 is 14.9 Å². The van der Waals surface area contributed by atoms with E-state index in [0.717, 1.165) is 0 Å². The maximum absolute atomic E-state index is 13.9. The van der Waals surface area contributed by atoms with E-state index in [4.69, 9.17) is 18.5 Å². The predicted octanol–water partition coefficient (Wildman–Crippen LogP) is 2.51. The summed E-state index contributed by atoms with van der Waals surface area (Å²) >= 11 is 0. The number of nitriles is 1. The molecule has 1 fully saturated rings. The molecule has 3 heterocycles. The Morgan fingerprint density at radius 3 is 2.50 bits per heavy atom. The molecular weight excluding hydrogens is 595 g/mol. The summed E-state index contributed by atoms with van der Waals surface area (Å²) in [6, 6.07) is 11.8. The normalized spacial score (nSPS) is 23.7. The Balaban J connectivity index is 1.60. The maximum atomic E-state index is 13.9. The third-order valence-electron chi connectivity index (χ3n) is 6.65. The van der Waals surface area contributed by atoms with E-state index in [0.29, 0.717) is 5.52 Å². The average molecular weight is 631 g/mol. The number of aliphatic hydroxyl groups is 2. The first-order valence-corrected chi connectivity index (χ1v) is 15.4. The van der Waals surface area contributed by atoms with E-state index in [9.17, 15) is 29.6 Å². The van der Waals surface area contributed by atoms with Crippen LogP contribution in [0.15, 0.2) is 48.8 Å². The van der Waals surface area contributed by atoms with Crippen molar-refractivity contribution in [3.8, 4) is 11.8 Å². The van der Waals surface area contributed by atoms with Crippen molar-refractivity contribution in [2.24, 2.45) is 5.92 Å². The molecule has 1 saturated heterocycles. The van der Waals surface area contributed by atoms with Crippen molar-refractivity contribution in [2.45, 2.75) is 70.7 Å². The number of rotatable bonds is 12. The molecule has 1 unspecified atom stereocenters. The Morgan fingerprint density at radius 2 is 1.86 bits per heavy atom. The fourth-order valence-corrected chi connectivity index (χ4v) is 5.85. The lowest BCUT2D eigenvalue weighted by Crippen LogP contribution is -2.46. The fraction of sp³-hybridized carbons (Fsp3) is 0.464. The number of nitrogens with one attached hydrogen (secondary N) is 2. The number of fused-ring (bicyclic) bond motifs is 1. The summed E-state index contributed by atoms with van der Waals surface area (Å²) in [5, 5.41) is 41.6. The topological polar surface area (TPSA) is 207 Å². The second-order valence-electron chi connectivity index (χ2n) is 10.8. The molecule has 0 saturated carbocycles. The van der Waals surface area contributed by atoms with Gasteiger partial charge in [0.1, 0.15) is 54.6 Å². The number of amides is 1. The van der Waals surface area contributed by atoms with Crippen molar-refractivity contribution in [3.63, 3.8) is 0 Å². The largest absolute Gasteiger partial charge is 0.462 e. The Morgan fingerprint density at radius 1 is 1.16 bits per heavy atom. The Kier molecular flexibility index (Phi) is 10.0. The molecular formula is C28H35N6O9P. The minimum atomic E-state index is -4.44. The number of hydrogen-bond donors (Lipinski definition) is 4. The summed E-state index contributed by atoms with van der Waals surface area (Å²) in [7, 11) is -4.44. The molecule has 15 nitrogen and oxygen atoms in total. The molecule has 1 aromatic carbocycles. The zero-order chi connectivity index (χ0) is 32.2. The predicted molar refractivity (Wildman–Crippen MR) is 155 cm³/mol. The zero-order valence-electron chi connectivity index (χ0n) is 24.8.